The Morgan fingerprint density at radius 2 is 1.93 bits per heavy atom. The van der Waals surface area contributed by atoms with Gasteiger partial charge in [-0.25, -0.2) is 5.01 Å². The highest BCUT2D eigenvalue weighted by Gasteiger charge is 2.26. The van der Waals surface area contributed by atoms with Gasteiger partial charge in [-0.05, 0) is 29.8 Å². The Balaban J connectivity index is 1.81. The number of rotatable bonds is 6. The van der Waals surface area contributed by atoms with Gasteiger partial charge in [0.25, 0.3) is 11.8 Å². The molecular formula is C20H22N4O4. The summed E-state index contributed by atoms with van der Waals surface area (Å²) in [5.41, 5.74) is 1.76. The van der Waals surface area contributed by atoms with Gasteiger partial charge in [0, 0.05) is 39.0 Å². The summed E-state index contributed by atoms with van der Waals surface area (Å²) < 4.78 is 5.39. The second-order valence-corrected chi connectivity index (χ2v) is 6.48. The molecule has 0 unspecified atom stereocenters. The number of amides is 3. The van der Waals surface area contributed by atoms with Gasteiger partial charge < -0.3 is 14.6 Å². The first-order valence-corrected chi connectivity index (χ1v) is 8.94. The van der Waals surface area contributed by atoms with E-state index in [2.05, 4.69) is 10.4 Å². The van der Waals surface area contributed by atoms with Crippen LogP contribution in [0, 0.1) is 0 Å². The molecule has 2 aromatic rings. The Morgan fingerprint density at radius 1 is 1.18 bits per heavy atom. The monoisotopic (exact) mass is 382 g/mol. The van der Waals surface area contributed by atoms with Gasteiger partial charge >= 0.3 is 0 Å². The largest absolute Gasteiger partial charge is 0.467 e. The van der Waals surface area contributed by atoms with Gasteiger partial charge in [-0.3, -0.25) is 14.4 Å². The van der Waals surface area contributed by atoms with Crippen molar-refractivity contribution in [2.45, 2.75) is 25.9 Å². The third-order valence-electron chi connectivity index (χ3n) is 4.48. The Bertz CT molecular complexity index is 887. The van der Waals surface area contributed by atoms with E-state index in [0.29, 0.717) is 30.0 Å². The van der Waals surface area contributed by atoms with Crippen molar-refractivity contribution in [3.63, 3.8) is 0 Å². The first-order chi connectivity index (χ1) is 13.5. The van der Waals surface area contributed by atoms with Crippen molar-refractivity contribution in [1.82, 2.24) is 15.2 Å². The van der Waals surface area contributed by atoms with Crippen molar-refractivity contribution in [2.24, 2.45) is 5.10 Å². The summed E-state index contributed by atoms with van der Waals surface area (Å²) in [7, 11) is 3.12. The van der Waals surface area contributed by atoms with Crippen LogP contribution in [0.4, 0.5) is 0 Å². The van der Waals surface area contributed by atoms with Crippen molar-refractivity contribution in [3.05, 3.63) is 59.5 Å². The number of nitrogens with zero attached hydrogens (tertiary/aromatic N) is 3. The normalized spacial score (nSPS) is 13.9. The quantitative estimate of drug-likeness (QED) is 0.824. The Kier molecular flexibility index (Phi) is 5.88. The first-order valence-electron chi connectivity index (χ1n) is 8.94. The van der Waals surface area contributed by atoms with Crippen molar-refractivity contribution >= 4 is 23.4 Å². The molecule has 1 aliphatic rings. The van der Waals surface area contributed by atoms with Crippen LogP contribution in [0.1, 0.15) is 34.5 Å². The van der Waals surface area contributed by atoms with Crippen molar-refractivity contribution in [1.29, 1.82) is 0 Å². The molecule has 1 aliphatic heterocycles. The molecule has 0 fully saturated rings. The zero-order chi connectivity index (χ0) is 20.1. The van der Waals surface area contributed by atoms with Gasteiger partial charge in [0.05, 0.1) is 12.8 Å². The van der Waals surface area contributed by atoms with Crippen LogP contribution in [0.3, 0.4) is 0 Å². The maximum atomic E-state index is 13.1. The lowest BCUT2D eigenvalue weighted by Gasteiger charge is -2.25. The number of hydrogen-bond donors (Lipinski definition) is 1. The zero-order valence-corrected chi connectivity index (χ0v) is 15.8. The maximum Gasteiger partial charge on any atom is 0.270 e. The molecule has 8 heteroatoms. The van der Waals surface area contributed by atoms with Crippen molar-refractivity contribution in [3.8, 4) is 0 Å². The lowest BCUT2D eigenvalue weighted by molar-refractivity contribution is -0.131. The minimum absolute atomic E-state index is 0.112. The van der Waals surface area contributed by atoms with Crippen LogP contribution in [0.2, 0.25) is 0 Å². The molecule has 146 valence electrons. The molecule has 8 nitrogen and oxygen atoms in total. The third-order valence-corrected chi connectivity index (χ3v) is 4.48. The molecule has 1 aromatic heterocycles. The van der Waals surface area contributed by atoms with Crippen LogP contribution < -0.4 is 5.32 Å². The summed E-state index contributed by atoms with van der Waals surface area (Å²) in [5.74, 6) is 0.126. The van der Waals surface area contributed by atoms with Crippen LogP contribution in [0.15, 0.2) is 52.2 Å². The average molecular weight is 382 g/mol. The van der Waals surface area contributed by atoms with E-state index < -0.39 is 0 Å². The SMILES string of the molecule is CNC(=O)c1ccc(CN(Cc2ccco2)C(=O)C2=NN(C)C(=O)CC2)cc1. The van der Waals surface area contributed by atoms with Crippen molar-refractivity contribution in [2.75, 3.05) is 14.1 Å². The predicted octanol–water partition coefficient (Wildman–Crippen LogP) is 1.78. The van der Waals surface area contributed by atoms with E-state index in [-0.39, 0.29) is 30.7 Å². The maximum absolute atomic E-state index is 13.1. The summed E-state index contributed by atoms with van der Waals surface area (Å²) in [6.07, 6.45) is 2.13. The van der Waals surface area contributed by atoms with E-state index >= 15 is 0 Å². The van der Waals surface area contributed by atoms with Gasteiger partial charge in [0.1, 0.15) is 11.5 Å². The highest BCUT2D eigenvalue weighted by Crippen LogP contribution is 2.16. The van der Waals surface area contributed by atoms with E-state index in [1.807, 2.05) is 12.1 Å². The molecule has 28 heavy (non-hydrogen) atoms. The Morgan fingerprint density at radius 3 is 2.54 bits per heavy atom. The predicted molar refractivity (Wildman–Crippen MR) is 102 cm³/mol. The Labute approximate surface area is 162 Å². The van der Waals surface area contributed by atoms with Crippen LogP contribution in [-0.2, 0) is 22.7 Å². The van der Waals surface area contributed by atoms with Crippen LogP contribution in [-0.4, -0.2) is 47.4 Å². The highest BCUT2D eigenvalue weighted by atomic mass is 16.3. The second-order valence-electron chi connectivity index (χ2n) is 6.48. The van der Waals surface area contributed by atoms with Gasteiger partial charge in [-0.2, -0.15) is 5.10 Å². The molecular weight excluding hydrogens is 360 g/mol. The summed E-state index contributed by atoms with van der Waals surface area (Å²) in [4.78, 5) is 38.0. The van der Waals surface area contributed by atoms with Crippen LogP contribution >= 0.6 is 0 Å². The molecule has 0 aliphatic carbocycles. The van der Waals surface area contributed by atoms with Gasteiger partial charge in [-0.1, -0.05) is 12.1 Å². The van der Waals surface area contributed by atoms with E-state index in [1.54, 1.807) is 49.5 Å². The van der Waals surface area contributed by atoms with Gasteiger partial charge in [0.2, 0.25) is 5.91 Å². The van der Waals surface area contributed by atoms with Crippen LogP contribution in [0.25, 0.3) is 0 Å². The molecule has 0 saturated heterocycles. The molecule has 3 amide bonds. The Hall–Kier alpha value is -3.42. The average Bonchev–Trinajstić information content (AvgIpc) is 3.22. The van der Waals surface area contributed by atoms with Gasteiger partial charge in [0.15, 0.2) is 0 Å². The smallest absolute Gasteiger partial charge is 0.270 e. The lowest BCUT2D eigenvalue weighted by atomic mass is 10.1. The number of nitrogens with one attached hydrogen (secondary N) is 1. The van der Waals surface area contributed by atoms with Gasteiger partial charge in [-0.15, -0.1) is 0 Å². The van der Waals surface area contributed by atoms with E-state index in [9.17, 15) is 14.4 Å². The second kappa shape index (κ2) is 8.51. The van der Waals surface area contributed by atoms with E-state index in [4.69, 9.17) is 4.42 Å². The lowest BCUT2D eigenvalue weighted by Crippen LogP contribution is -2.40. The fourth-order valence-electron chi connectivity index (χ4n) is 2.92. The topological polar surface area (TPSA) is 95.2 Å². The number of carbonyl (C=O) groups excluding carboxylic acids is 3. The molecule has 0 atom stereocenters. The minimum atomic E-state index is -0.244. The molecule has 1 N–H and O–H groups in total. The third kappa shape index (κ3) is 4.46. The zero-order valence-electron chi connectivity index (χ0n) is 15.8. The van der Waals surface area contributed by atoms with Crippen LogP contribution in [0.5, 0.6) is 0 Å². The number of hydrogen-bond acceptors (Lipinski definition) is 5. The number of furan rings is 1. The first kappa shape index (κ1) is 19.3. The van der Waals surface area contributed by atoms with Crippen molar-refractivity contribution < 1.29 is 18.8 Å². The van der Waals surface area contributed by atoms with E-state index in [1.165, 1.54) is 5.01 Å². The van der Waals surface area contributed by atoms with E-state index in [0.717, 1.165) is 5.56 Å². The fourth-order valence-corrected chi connectivity index (χ4v) is 2.92. The molecule has 1 aromatic carbocycles. The summed E-state index contributed by atoms with van der Waals surface area (Å²) >= 11 is 0. The number of carbonyl (C=O) groups is 3. The standard InChI is InChI=1S/C20H22N4O4/c1-21-19(26)15-7-5-14(6-8-15)12-24(13-16-4-3-11-28-16)20(27)17-9-10-18(25)23(2)22-17/h3-8,11H,9-10,12-13H2,1-2H3,(H,21,26). The molecule has 2 heterocycles. The summed E-state index contributed by atoms with van der Waals surface area (Å²) in [5, 5.41) is 7.91. The summed E-state index contributed by atoms with van der Waals surface area (Å²) in [6, 6.07) is 10.6. The number of benzene rings is 1. The molecule has 0 radical (unpaired) electrons. The minimum Gasteiger partial charge on any atom is -0.467 e. The molecule has 0 bridgehead atoms. The summed E-state index contributed by atoms with van der Waals surface area (Å²) in [6.45, 7) is 0.601. The molecule has 3 rings (SSSR count). The molecule has 0 spiro atoms. The molecule has 0 saturated carbocycles. The highest BCUT2D eigenvalue weighted by molar-refractivity contribution is 6.39. The fraction of sp³-hybridized carbons (Fsp3) is 0.300. The number of hydrazone groups is 1.